The molecule has 3 heterocycles. The van der Waals surface area contributed by atoms with Gasteiger partial charge in [-0.25, -0.2) is 0 Å². The molecule has 18 nitrogen and oxygen atoms in total. The Balaban J connectivity index is 1.39. The number of phenols is 2. The molecule has 0 amide bonds. The van der Waals surface area contributed by atoms with E-state index in [2.05, 4.69) is 0 Å². The molecule has 3 aliphatic rings. The zero-order chi connectivity index (χ0) is 37.4. The second-order valence-electron chi connectivity index (χ2n) is 13.0. The lowest BCUT2D eigenvalue weighted by Crippen LogP contribution is -2.64. The van der Waals surface area contributed by atoms with Gasteiger partial charge in [0.2, 0.25) is 6.29 Å². The van der Waals surface area contributed by atoms with Gasteiger partial charge >= 0.3 is 11.9 Å². The molecule has 18 heteroatoms. The second-order valence-corrected chi connectivity index (χ2v) is 13.0. The van der Waals surface area contributed by atoms with Gasteiger partial charge in [0.05, 0.1) is 31.0 Å². The number of carbonyl (C=O) groups is 3. The Morgan fingerprint density at radius 2 is 1.59 bits per heavy atom. The summed E-state index contributed by atoms with van der Waals surface area (Å²) in [7, 11) is 0. The molecule has 0 aromatic heterocycles. The molecule has 0 saturated carbocycles. The number of aliphatic hydroxyl groups excluding tert-OH is 5. The number of hydrogen-bond acceptors (Lipinski definition) is 17. The predicted octanol–water partition coefficient (Wildman–Crippen LogP) is -0.998. The summed E-state index contributed by atoms with van der Waals surface area (Å²) < 4.78 is 34.1. The van der Waals surface area contributed by atoms with Crippen molar-refractivity contribution in [1.82, 2.24) is 0 Å². The summed E-state index contributed by atoms with van der Waals surface area (Å²) in [6, 6.07) is 8.23. The van der Waals surface area contributed by atoms with E-state index in [9.17, 15) is 55.2 Å². The standard InChI is InChI=1S/C33H40O18/c1-13-25(40)27(42)29(44)31(47-13)51-30-28(43)26(41)21(12-46-23(39)11-33(2,45)10-22(37)38)50-32(30)48-16-7-17(35)24-18(36)9-19(49-20(24)8-16)14-3-5-15(34)6-4-14/h3-8,13,19,21,25-32,34-35,40-45H,9-12H2,1-2H3,(H,37,38)/t13-,19-,21+,25-,26+,27+,28-,29+,30+,31-,32+,33?/m0/s1. The first-order valence-electron chi connectivity index (χ1n) is 15.9. The van der Waals surface area contributed by atoms with Crippen LogP contribution in [0, 0.1) is 0 Å². The van der Waals surface area contributed by atoms with Gasteiger partial charge < -0.3 is 74.4 Å². The van der Waals surface area contributed by atoms with Gasteiger partial charge in [0.1, 0.15) is 77.9 Å². The van der Waals surface area contributed by atoms with Crippen molar-refractivity contribution >= 4 is 17.7 Å². The number of rotatable bonds is 11. The average molecular weight is 725 g/mol. The third-order valence-corrected chi connectivity index (χ3v) is 8.70. The Bertz CT molecular complexity index is 1580. The van der Waals surface area contributed by atoms with Crippen molar-refractivity contribution in [2.45, 2.75) is 106 Å². The lowest BCUT2D eigenvalue weighted by molar-refractivity contribution is -0.354. The molecule has 0 radical (unpaired) electrons. The van der Waals surface area contributed by atoms with Gasteiger partial charge in [-0.15, -0.1) is 0 Å². The molecule has 280 valence electrons. The van der Waals surface area contributed by atoms with Gasteiger partial charge in [0, 0.05) is 12.1 Å². The van der Waals surface area contributed by atoms with E-state index < -0.39 is 116 Å². The number of fused-ring (bicyclic) bond motifs is 1. The predicted molar refractivity (Wildman–Crippen MR) is 166 cm³/mol. The zero-order valence-electron chi connectivity index (χ0n) is 27.3. The lowest BCUT2D eigenvalue weighted by atomic mass is 9.95. The van der Waals surface area contributed by atoms with Crippen LogP contribution in [-0.2, 0) is 28.5 Å². The summed E-state index contributed by atoms with van der Waals surface area (Å²) in [5.41, 5.74) is -1.56. The summed E-state index contributed by atoms with van der Waals surface area (Å²) in [5, 5.41) is 92.7. The van der Waals surface area contributed by atoms with Crippen LogP contribution in [0.4, 0.5) is 0 Å². The second kappa shape index (κ2) is 15.2. The number of esters is 1. The van der Waals surface area contributed by atoms with Gasteiger partial charge in [-0.1, -0.05) is 12.1 Å². The molecule has 2 aromatic carbocycles. The van der Waals surface area contributed by atoms with Gasteiger partial charge in [-0.3, -0.25) is 14.4 Å². The van der Waals surface area contributed by atoms with E-state index >= 15 is 0 Å². The number of benzene rings is 2. The van der Waals surface area contributed by atoms with Crippen molar-refractivity contribution in [3.8, 4) is 23.0 Å². The molecular weight excluding hydrogens is 684 g/mol. The average Bonchev–Trinajstić information content (AvgIpc) is 3.04. The highest BCUT2D eigenvalue weighted by atomic mass is 16.8. The summed E-state index contributed by atoms with van der Waals surface area (Å²) in [6.45, 7) is 1.76. The first kappa shape index (κ1) is 38.1. The van der Waals surface area contributed by atoms with Crippen molar-refractivity contribution in [3.63, 3.8) is 0 Å². The van der Waals surface area contributed by atoms with E-state index in [0.29, 0.717) is 5.56 Å². The number of carboxylic acid groups (broad SMARTS) is 1. The van der Waals surface area contributed by atoms with Crippen LogP contribution in [0.3, 0.4) is 0 Å². The number of ketones is 1. The van der Waals surface area contributed by atoms with Crippen LogP contribution in [0.5, 0.6) is 23.0 Å². The molecule has 0 bridgehead atoms. The Kier molecular flexibility index (Phi) is 11.4. The summed E-state index contributed by atoms with van der Waals surface area (Å²) in [6.07, 6.45) is -19.1. The fourth-order valence-corrected chi connectivity index (χ4v) is 5.98. The molecule has 9 N–H and O–H groups in total. The topological polar surface area (TPSA) is 289 Å². The number of hydrogen-bond donors (Lipinski definition) is 9. The van der Waals surface area contributed by atoms with Crippen molar-refractivity contribution in [2.75, 3.05) is 6.61 Å². The summed E-state index contributed by atoms with van der Waals surface area (Å²) >= 11 is 0. The van der Waals surface area contributed by atoms with Crippen molar-refractivity contribution in [2.24, 2.45) is 0 Å². The van der Waals surface area contributed by atoms with Crippen LogP contribution in [0.1, 0.15) is 55.1 Å². The van der Waals surface area contributed by atoms with Crippen molar-refractivity contribution < 1.29 is 88.8 Å². The van der Waals surface area contributed by atoms with E-state index in [1.165, 1.54) is 25.1 Å². The van der Waals surface area contributed by atoms with E-state index in [4.69, 9.17) is 33.5 Å². The molecule has 0 spiro atoms. The van der Waals surface area contributed by atoms with Gasteiger partial charge in [-0.05, 0) is 31.5 Å². The summed E-state index contributed by atoms with van der Waals surface area (Å²) in [5.74, 6) is -3.74. The van der Waals surface area contributed by atoms with Crippen molar-refractivity contribution in [1.29, 1.82) is 0 Å². The Morgan fingerprint density at radius 3 is 2.25 bits per heavy atom. The molecule has 2 fully saturated rings. The number of aliphatic hydroxyl groups is 6. The highest BCUT2D eigenvalue weighted by Gasteiger charge is 2.51. The smallest absolute Gasteiger partial charge is 0.308 e. The Hall–Kier alpha value is -4.11. The first-order chi connectivity index (χ1) is 23.9. The van der Waals surface area contributed by atoms with Crippen LogP contribution in [0.25, 0.3) is 0 Å². The molecule has 1 unspecified atom stereocenters. The minimum Gasteiger partial charge on any atom is -0.508 e. The van der Waals surface area contributed by atoms with E-state index in [0.717, 1.165) is 13.0 Å². The number of Topliss-reactive ketones (excluding diaryl/α,β-unsaturated/α-hetero) is 1. The van der Waals surface area contributed by atoms with Crippen molar-refractivity contribution in [3.05, 3.63) is 47.5 Å². The molecule has 2 saturated heterocycles. The minimum atomic E-state index is -1.96. The largest absolute Gasteiger partial charge is 0.508 e. The maximum Gasteiger partial charge on any atom is 0.308 e. The van der Waals surface area contributed by atoms with Crippen LogP contribution in [0.15, 0.2) is 36.4 Å². The van der Waals surface area contributed by atoms with Crippen LogP contribution in [-0.4, -0.2) is 137 Å². The highest BCUT2D eigenvalue weighted by molar-refractivity contribution is 6.02. The molecule has 3 aliphatic heterocycles. The normalized spacial score (nSPS) is 33.3. The van der Waals surface area contributed by atoms with Gasteiger partial charge in [-0.2, -0.15) is 0 Å². The quantitative estimate of drug-likeness (QED) is 0.126. The maximum atomic E-state index is 13.0. The number of carboxylic acids is 1. The molecule has 5 rings (SSSR count). The number of phenolic OH excluding ortho intramolecular Hbond substituents is 2. The van der Waals surface area contributed by atoms with E-state index in [1.807, 2.05) is 0 Å². The molecule has 51 heavy (non-hydrogen) atoms. The number of aliphatic carboxylic acids is 1. The Morgan fingerprint density at radius 1 is 0.902 bits per heavy atom. The monoisotopic (exact) mass is 724 g/mol. The van der Waals surface area contributed by atoms with E-state index in [1.54, 1.807) is 12.1 Å². The lowest BCUT2D eigenvalue weighted by Gasteiger charge is -2.45. The Labute approximate surface area is 289 Å². The minimum absolute atomic E-state index is 0.00408. The number of carbonyl (C=O) groups excluding carboxylic acids is 2. The van der Waals surface area contributed by atoms with Gasteiger partial charge in [0.15, 0.2) is 18.2 Å². The molecule has 12 atom stereocenters. The number of aromatic hydroxyl groups is 2. The third-order valence-electron chi connectivity index (χ3n) is 8.70. The van der Waals surface area contributed by atoms with Crippen LogP contribution < -0.4 is 9.47 Å². The third kappa shape index (κ3) is 8.68. The summed E-state index contributed by atoms with van der Waals surface area (Å²) in [4.78, 5) is 36.5. The highest BCUT2D eigenvalue weighted by Crippen LogP contribution is 2.43. The fraction of sp³-hybridized carbons (Fsp3) is 0.545. The first-order valence-corrected chi connectivity index (χ1v) is 15.9. The van der Waals surface area contributed by atoms with Crippen LogP contribution >= 0.6 is 0 Å². The fourth-order valence-electron chi connectivity index (χ4n) is 5.98. The number of ether oxygens (including phenoxy) is 6. The maximum absolute atomic E-state index is 13.0. The molecule has 0 aliphatic carbocycles. The SMILES string of the molecule is C[C@@H]1O[C@@H](O[C@H]2[C@H](Oc3cc(O)c4c(c3)O[C@H](c3ccc(O)cc3)CC4=O)O[C@H](COC(=O)CC(C)(O)CC(=O)O)[C@@H](O)[C@@H]2O)[C@H](O)[C@H](O)[C@H]1O. The zero-order valence-corrected chi connectivity index (χ0v) is 27.3. The van der Waals surface area contributed by atoms with E-state index in [-0.39, 0.29) is 29.2 Å². The molecular formula is C33H40O18. The van der Waals surface area contributed by atoms with Gasteiger partial charge in [0.25, 0.3) is 0 Å². The molecule has 2 aromatic rings. The van der Waals surface area contributed by atoms with Crippen LogP contribution in [0.2, 0.25) is 0 Å².